The van der Waals surface area contributed by atoms with E-state index in [1.807, 2.05) is 0 Å². The number of nitrogens with zero attached hydrogens (tertiary/aromatic N) is 1. The smallest absolute Gasteiger partial charge is 0.263 e. The molecule has 0 unspecified atom stereocenters. The number of pyridine rings is 1. The first-order chi connectivity index (χ1) is 11.8. The van der Waals surface area contributed by atoms with Crippen molar-refractivity contribution in [3.8, 4) is 0 Å². The van der Waals surface area contributed by atoms with Crippen LogP contribution in [0.15, 0.2) is 41.4 Å². The third kappa shape index (κ3) is 4.08. The SMILES string of the molecule is CC(C)CNc1ccc(NS(=O)(=O)c2ccc3c(c2)CC(=O)N3)nc1. The summed E-state index contributed by atoms with van der Waals surface area (Å²) in [4.78, 5) is 15.6. The van der Waals surface area contributed by atoms with Crippen molar-refractivity contribution >= 4 is 33.1 Å². The van der Waals surface area contributed by atoms with Gasteiger partial charge in [-0.25, -0.2) is 13.4 Å². The summed E-state index contributed by atoms with van der Waals surface area (Å²) in [5.74, 6) is 0.604. The van der Waals surface area contributed by atoms with Crippen LogP contribution in [0, 0.1) is 5.92 Å². The molecule has 25 heavy (non-hydrogen) atoms. The molecule has 0 bridgehead atoms. The van der Waals surface area contributed by atoms with Gasteiger partial charge in [-0.2, -0.15) is 0 Å². The van der Waals surface area contributed by atoms with Crippen molar-refractivity contribution in [1.29, 1.82) is 0 Å². The highest BCUT2D eigenvalue weighted by atomic mass is 32.2. The summed E-state index contributed by atoms with van der Waals surface area (Å²) in [5, 5.41) is 5.90. The molecule has 0 saturated heterocycles. The Kier molecular flexibility index (Phi) is 4.63. The third-order valence-corrected chi connectivity index (χ3v) is 5.08. The summed E-state index contributed by atoms with van der Waals surface area (Å²) in [6.07, 6.45) is 1.78. The number of fused-ring (bicyclic) bond motifs is 1. The van der Waals surface area contributed by atoms with Gasteiger partial charge in [-0.1, -0.05) is 13.8 Å². The lowest BCUT2D eigenvalue weighted by molar-refractivity contribution is -0.115. The summed E-state index contributed by atoms with van der Waals surface area (Å²) < 4.78 is 27.5. The highest BCUT2D eigenvalue weighted by Gasteiger charge is 2.22. The predicted octanol–water partition coefficient (Wildman–Crippen LogP) is 2.44. The molecule has 132 valence electrons. The van der Waals surface area contributed by atoms with Gasteiger partial charge in [-0.3, -0.25) is 9.52 Å². The maximum Gasteiger partial charge on any atom is 0.263 e. The van der Waals surface area contributed by atoms with Crippen molar-refractivity contribution < 1.29 is 13.2 Å². The van der Waals surface area contributed by atoms with Crippen LogP contribution < -0.4 is 15.4 Å². The fourth-order valence-electron chi connectivity index (χ4n) is 2.45. The van der Waals surface area contributed by atoms with Crippen LogP contribution in [0.2, 0.25) is 0 Å². The maximum atomic E-state index is 12.5. The van der Waals surface area contributed by atoms with Gasteiger partial charge in [-0.05, 0) is 41.8 Å². The van der Waals surface area contributed by atoms with E-state index in [2.05, 4.69) is 34.2 Å². The number of rotatable bonds is 6. The molecule has 1 aliphatic rings. The van der Waals surface area contributed by atoms with E-state index in [9.17, 15) is 13.2 Å². The van der Waals surface area contributed by atoms with E-state index in [4.69, 9.17) is 0 Å². The molecule has 0 radical (unpaired) electrons. The summed E-state index contributed by atoms with van der Waals surface area (Å²) >= 11 is 0. The largest absolute Gasteiger partial charge is 0.384 e. The first-order valence-electron chi connectivity index (χ1n) is 7.99. The van der Waals surface area contributed by atoms with Crippen LogP contribution in [0.3, 0.4) is 0 Å². The minimum Gasteiger partial charge on any atom is -0.384 e. The van der Waals surface area contributed by atoms with Crippen LogP contribution in [0.25, 0.3) is 0 Å². The Morgan fingerprint density at radius 1 is 1.24 bits per heavy atom. The van der Waals surface area contributed by atoms with E-state index in [0.717, 1.165) is 12.2 Å². The first kappa shape index (κ1) is 17.2. The van der Waals surface area contributed by atoms with Gasteiger partial charge in [-0.15, -0.1) is 0 Å². The zero-order valence-electron chi connectivity index (χ0n) is 14.0. The lowest BCUT2D eigenvalue weighted by Gasteiger charge is -2.11. The predicted molar refractivity (Wildman–Crippen MR) is 97.1 cm³/mol. The Balaban J connectivity index is 1.73. The molecule has 0 fully saturated rings. The summed E-state index contributed by atoms with van der Waals surface area (Å²) in [6.45, 7) is 5.01. The molecule has 1 aliphatic heterocycles. The van der Waals surface area contributed by atoms with Crippen LogP contribution in [0.4, 0.5) is 17.2 Å². The van der Waals surface area contributed by atoms with Crippen molar-refractivity contribution in [2.75, 3.05) is 21.9 Å². The number of hydrogen-bond donors (Lipinski definition) is 3. The summed E-state index contributed by atoms with van der Waals surface area (Å²) in [5.41, 5.74) is 2.16. The number of hydrogen-bond acceptors (Lipinski definition) is 5. The van der Waals surface area contributed by atoms with Crippen molar-refractivity contribution in [3.05, 3.63) is 42.1 Å². The average molecular weight is 360 g/mol. The molecule has 7 nitrogen and oxygen atoms in total. The molecule has 1 aromatic carbocycles. The van der Waals surface area contributed by atoms with Gasteiger partial charge in [0.2, 0.25) is 5.91 Å². The highest BCUT2D eigenvalue weighted by Crippen LogP contribution is 2.26. The molecule has 0 spiro atoms. The second kappa shape index (κ2) is 6.72. The van der Waals surface area contributed by atoms with Crippen LogP contribution >= 0.6 is 0 Å². The minimum absolute atomic E-state index is 0.103. The monoisotopic (exact) mass is 360 g/mol. The molecule has 1 aromatic heterocycles. The van der Waals surface area contributed by atoms with Crippen LogP contribution in [-0.2, 0) is 21.2 Å². The molecular weight excluding hydrogens is 340 g/mol. The first-order valence-corrected chi connectivity index (χ1v) is 9.47. The fraction of sp³-hybridized carbons (Fsp3) is 0.294. The molecule has 1 amide bonds. The standard InChI is InChI=1S/C17H20N4O3S/c1-11(2)9-18-13-3-6-16(19-10-13)21-25(23,24)14-4-5-15-12(7-14)8-17(22)20-15/h3-7,10-11,18H,8-9H2,1-2H3,(H,19,21)(H,20,22). The number of nitrogens with one attached hydrogen (secondary N) is 3. The Morgan fingerprint density at radius 3 is 2.72 bits per heavy atom. The number of carbonyl (C=O) groups excluding carboxylic acids is 1. The summed E-state index contributed by atoms with van der Waals surface area (Å²) in [6, 6.07) is 7.96. The van der Waals surface area contributed by atoms with E-state index in [1.54, 1.807) is 24.4 Å². The van der Waals surface area contributed by atoms with E-state index in [-0.39, 0.29) is 23.0 Å². The number of carbonyl (C=O) groups is 1. The van der Waals surface area contributed by atoms with Crippen molar-refractivity contribution in [1.82, 2.24) is 4.98 Å². The zero-order valence-corrected chi connectivity index (χ0v) is 14.9. The lowest BCUT2D eigenvalue weighted by atomic mass is 10.2. The zero-order chi connectivity index (χ0) is 18.0. The Labute approximate surface area is 146 Å². The topological polar surface area (TPSA) is 100 Å². The van der Waals surface area contributed by atoms with E-state index in [0.29, 0.717) is 17.2 Å². The molecule has 0 aliphatic carbocycles. The van der Waals surface area contributed by atoms with Gasteiger partial charge >= 0.3 is 0 Å². The summed E-state index contributed by atoms with van der Waals surface area (Å²) in [7, 11) is -3.76. The molecule has 8 heteroatoms. The average Bonchev–Trinajstić information content (AvgIpc) is 2.93. The van der Waals surface area contributed by atoms with Crippen molar-refractivity contribution in [2.45, 2.75) is 25.2 Å². The van der Waals surface area contributed by atoms with Crippen LogP contribution in [0.1, 0.15) is 19.4 Å². The van der Waals surface area contributed by atoms with E-state index in [1.165, 1.54) is 12.1 Å². The van der Waals surface area contributed by atoms with Gasteiger partial charge in [0.25, 0.3) is 10.0 Å². The Morgan fingerprint density at radius 2 is 2.04 bits per heavy atom. The number of benzene rings is 1. The quantitative estimate of drug-likeness (QED) is 0.735. The third-order valence-electron chi connectivity index (χ3n) is 3.73. The lowest BCUT2D eigenvalue weighted by Crippen LogP contribution is -2.14. The highest BCUT2D eigenvalue weighted by molar-refractivity contribution is 7.92. The normalized spacial score (nSPS) is 13.5. The van der Waals surface area contributed by atoms with Crippen molar-refractivity contribution in [2.24, 2.45) is 5.92 Å². The maximum absolute atomic E-state index is 12.5. The van der Waals surface area contributed by atoms with Gasteiger partial charge in [0.15, 0.2) is 0 Å². The number of amides is 1. The molecule has 3 N–H and O–H groups in total. The number of anilines is 3. The number of aromatic nitrogens is 1. The van der Waals surface area contributed by atoms with Crippen LogP contribution in [-0.4, -0.2) is 25.9 Å². The minimum atomic E-state index is -3.76. The Hall–Kier alpha value is -2.61. The molecule has 2 aromatic rings. The number of sulfonamides is 1. The molecule has 0 saturated carbocycles. The second-order valence-corrected chi connectivity index (χ2v) is 8.04. The second-order valence-electron chi connectivity index (χ2n) is 6.36. The molecular formula is C17H20N4O3S. The molecule has 3 rings (SSSR count). The Bertz CT molecular complexity index is 893. The van der Waals surface area contributed by atoms with Gasteiger partial charge < -0.3 is 10.6 Å². The fourth-order valence-corrected chi connectivity index (χ4v) is 3.51. The molecule has 2 heterocycles. The van der Waals surface area contributed by atoms with Gasteiger partial charge in [0.05, 0.1) is 23.2 Å². The molecule has 0 atom stereocenters. The van der Waals surface area contributed by atoms with Gasteiger partial charge in [0.1, 0.15) is 5.82 Å². The van der Waals surface area contributed by atoms with Crippen molar-refractivity contribution in [3.63, 3.8) is 0 Å². The van der Waals surface area contributed by atoms with Gasteiger partial charge in [0, 0.05) is 12.2 Å². The van der Waals surface area contributed by atoms with E-state index < -0.39 is 10.0 Å². The van der Waals surface area contributed by atoms with Crippen LogP contribution in [0.5, 0.6) is 0 Å². The van der Waals surface area contributed by atoms with E-state index >= 15 is 0 Å².